The van der Waals surface area contributed by atoms with E-state index in [1.165, 1.54) is 0 Å². The Kier molecular flexibility index (Phi) is 6.60. The molecule has 28 heavy (non-hydrogen) atoms. The van der Waals surface area contributed by atoms with Gasteiger partial charge in [0.1, 0.15) is 0 Å². The predicted molar refractivity (Wildman–Crippen MR) is 109 cm³/mol. The molecule has 1 saturated heterocycles. The van der Waals surface area contributed by atoms with Crippen LogP contribution in [0.3, 0.4) is 0 Å². The quantitative estimate of drug-likeness (QED) is 0.788. The van der Waals surface area contributed by atoms with Crippen molar-refractivity contribution >= 4 is 11.9 Å². The molecule has 6 nitrogen and oxygen atoms in total. The van der Waals surface area contributed by atoms with Crippen molar-refractivity contribution < 1.29 is 14.7 Å². The van der Waals surface area contributed by atoms with Gasteiger partial charge < -0.3 is 20.2 Å². The molecule has 1 aromatic carbocycles. The van der Waals surface area contributed by atoms with E-state index in [0.717, 1.165) is 31.2 Å². The van der Waals surface area contributed by atoms with Crippen molar-refractivity contribution in [2.45, 2.75) is 76.5 Å². The van der Waals surface area contributed by atoms with Gasteiger partial charge in [-0.05, 0) is 32.3 Å². The molecule has 1 saturated carbocycles. The SMILES string of the molecule is CC(=O)N1[C@@H](CO)[C@H](c2ccccc2)[C@@H]1CN(C(=O)NC(C)C)C1CCCC1. The first-order valence-corrected chi connectivity index (χ1v) is 10.5. The number of aliphatic hydroxyl groups excluding tert-OH is 1. The highest BCUT2D eigenvalue weighted by Gasteiger charge is 2.51. The molecule has 1 heterocycles. The number of rotatable bonds is 6. The third-order valence-electron chi connectivity index (χ3n) is 6.10. The van der Waals surface area contributed by atoms with Gasteiger partial charge >= 0.3 is 6.03 Å². The number of nitrogens with one attached hydrogen (secondary N) is 1. The number of benzene rings is 1. The summed E-state index contributed by atoms with van der Waals surface area (Å²) in [7, 11) is 0. The molecule has 1 aromatic rings. The number of aliphatic hydroxyl groups is 1. The van der Waals surface area contributed by atoms with Crippen LogP contribution in [0.5, 0.6) is 0 Å². The molecular weight excluding hydrogens is 354 g/mol. The highest BCUT2D eigenvalue weighted by Crippen LogP contribution is 2.41. The average Bonchev–Trinajstić information content (AvgIpc) is 3.15. The number of urea groups is 1. The maximum Gasteiger partial charge on any atom is 0.317 e. The van der Waals surface area contributed by atoms with Gasteiger partial charge in [0, 0.05) is 31.5 Å². The smallest absolute Gasteiger partial charge is 0.317 e. The Morgan fingerprint density at radius 1 is 1.18 bits per heavy atom. The van der Waals surface area contributed by atoms with Gasteiger partial charge in [-0.3, -0.25) is 4.79 Å². The van der Waals surface area contributed by atoms with Crippen molar-refractivity contribution in [3.8, 4) is 0 Å². The predicted octanol–water partition coefficient (Wildman–Crippen LogP) is 2.72. The normalized spacial score (nSPS) is 24.9. The Balaban J connectivity index is 1.86. The molecule has 0 bridgehead atoms. The second kappa shape index (κ2) is 8.95. The van der Waals surface area contributed by atoms with E-state index in [1.54, 1.807) is 11.8 Å². The average molecular weight is 388 g/mol. The maximum absolute atomic E-state index is 12.9. The number of nitrogens with zero attached hydrogens (tertiary/aromatic N) is 2. The van der Waals surface area contributed by atoms with Gasteiger partial charge in [-0.15, -0.1) is 0 Å². The molecule has 3 amide bonds. The Bertz CT molecular complexity index is 673. The Morgan fingerprint density at radius 2 is 1.82 bits per heavy atom. The van der Waals surface area contributed by atoms with Gasteiger partial charge in [0.25, 0.3) is 0 Å². The zero-order valence-corrected chi connectivity index (χ0v) is 17.2. The second-order valence-electron chi connectivity index (χ2n) is 8.37. The zero-order valence-electron chi connectivity index (χ0n) is 17.2. The van der Waals surface area contributed by atoms with Gasteiger partial charge in [-0.25, -0.2) is 4.79 Å². The van der Waals surface area contributed by atoms with E-state index < -0.39 is 0 Å². The highest BCUT2D eigenvalue weighted by molar-refractivity contribution is 5.77. The molecule has 0 unspecified atom stereocenters. The molecule has 1 aliphatic heterocycles. The van der Waals surface area contributed by atoms with Crippen molar-refractivity contribution in [1.29, 1.82) is 0 Å². The van der Waals surface area contributed by atoms with Crippen molar-refractivity contribution in [3.05, 3.63) is 35.9 Å². The number of carbonyl (C=O) groups excluding carboxylic acids is 2. The van der Waals surface area contributed by atoms with E-state index >= 15 is 0 Å². The van der Waals surface area contributed by atoms with Gasteiger partial charge in [0.05, 0.1) is 18.7 Å². The molecule has 6 heteroatoms. The van der Waals surface area contributed by atoms with Crippen LogP contribution in [-0.4, -0.2) is 64.2 Å². The molecule has 0 spiro atoms. The fourth-order valence-corrected chi connectivity index (χ4v) is 4.88. The molecular formula is C22H33N3O3. The molecule has 0 radical (unpaired) electrons. The van der Waals surface area contributed by atoms with Gasteiger partial charge in [-0.1, -0.05) is 43.2 Å². The van der Waals surface area contributed by atoms with Gasteiger partial charge in [0.2, 0.25) is 5.91 Å². The molecule has 2 fully saturated rings. The summed E-state index contributed by atoms with van der Waals surface area (Å²) >= 11 is 0. The molecule has 0 aromatic heterocycles. The second-order valence-corrected chi connectivity index (χ2v) is 8.37. The number of amides is 3. The zero-order chi connectivity index (χ0) is 20.3. The summed E-state index contributed by atoms with van der Waals surface area (Å²) < 4.78 is 0. The van der Waals surface area contributed by atoms with Gasteiger partial charge in [0.15, 0.2) is 0 Å². The fourth-order valence-electron chi connectivity index (χ4n) is 4.88. The number of hydrogen-bond acceptors (Lipinski definition) is 3. The van der Waals surface area contributed by atoms with Crippen molar-refractivity contribution in [3.63, 3.8) is 0 Å². The topological polar surface area (TPSA) is 72.9 Å². The van der Waals surface area contributed by atoms with Gasteiger partial charge in [-0.2, -0.15) is 0 Å². The first kappa shape index (κ1) is 20.6. The van der Waals surface area contributed by atoms with Crippen LogP contribution in [0.1, 0.15) is 57.9 Å². The minimum absolute atomic E-state index is 0.0332. The summed E-state index contributed by atoms with van der Waals surface area (Å²) in [5, 5.41) is 13.0. The Labute approximate surface area is 167 Å². The van der Waals surface area contributed by atoms with E-state index in [2.05, 4.69) is 5.32 Å². The lowest BCUT2D eigenvalue weighted by molar-refractivity contribution is -0.149. The number of hydrogen-bond donors (Lipinski definition) is 2. The Hall–Kier alpha value is -2.08. The van der Waals surface area contributed by atoms with E-state index in [-0.39, 0.29) is 48.6 Å². The molecule has 3 atom stereocenters. The summed E-state index contributed by atoms with van der Waals surface area (Å²) in [6, 6.07) is 9.92. The lowest BCUT2D eigenvalue weighted by Gasteiger charge is -2.56. The van der Waals surface area contributed by atoms with Crippen LogP contribution in [0, 0.1) is 0 Å². The summed E-state index contributed by atoms with van der Waals surface area (Å²) in [6.45, 7) is 5.90. The Morgan fingerprint density at radius 3 is 2.36 bits per heavy atom. The standard InChI is InChI=1S/C22H33N3O3/c1-15(2)23-22(28)24(18-11-7-8-12-18)13-19-21(17-9-5-4-6-10-17)20(14-26)25(19)16(3)27/h4-6,9-10,15,18-21,26H,7-8,11-14H2,1-3H3,(H,23,28)/t19-,20-,21+/m0/s1. The van der Waals surface area contributed by atoms with Crippen LogP contribution >= 0.6 is 0 Å². The number of carbonyl (C=O) groups is 2. The monoisotopic (exact) mass is 387 g/mol. The summed E-state index contributed by atoms with van der Waals surface area (Å²) in [5.74, 6) is -0.0160. The first-order chi connectivity index (χ1) is 13.4. The summed E-state index contributed by atoms with van der Waals surface area (Å²) in [5.41, 5.74) is 1.11. The van der Waals surface area contributed by atoms with E-state index in [1.807, 2.05) is 49.1 Å². The minimum atomic E-state index is -0.233. The fraction of sp³-hybridized carbons (Fsp3) is 0.636. The highest BCUT2D eigenvalue weighted by atomic mass is 16.3. The van der Waals surface area contributed by atoms with Crippen LogP contribution in [0.25, 0.3) is 0 Å². The lowest BCUT2D eigenvalue weighted by atomic mass is 9.74. The molecule has 2 aliphatic rings. The van der Waals surface area contributed by atoms with Crippen molar-refractivity contribution in [1.82, 2.24) is 15.1 Å². The van der Waals surface area contributed by atoms with E-state index in [4.69, 9.17) is 0 Å². The van der Waals surface area contributed by atoms with Crippen LogP contribution in [0.4, 0.5) is 4.79 Å². The summed E-state index contributed by atoms with van der Waals surface area (Å²) in [6.07, 6.45) is 4.30. The molecule has 154 valence electrons. The number of likely N-dealkylation sites (tertiary alicyclic amines) is 1. The van der Waals surface area contributed by atoms with Crippen LogP contribution < -0.4 is 5.32 Å². The van der Waals surface area contributed by atoms with Crippen LogP contribution in [0.15, 0.2) is 30.3 Å². The largest absolute Gasteiger partial charge is 0.394 e. The van der Waals surface area contributed by atoms with Crippen molar-refractivity contribution in [2.24, 2.45) is 0 Å². The minimum Gasteiger partial charge on any atom is -0.394 e. The molecule has 2 N–H and O–H groups in total. The summed E-state index contributed by atoms with van der Waals surface area (Å²) in [4.78, 5) is 29.0. The third-order valence-corrected chi connectivity index (χ3v) is 6.10. The maximum atomic E-state index is 12.9. The van der Waals surface area contributed by atoms with E-state index in [0.29, 0.717) is 6.54 Å². The van der Waals surface area contributed by atoms with Crippen LogP contribution in [0.2, 0.25) is 0 Å². The third kappa shape index (κ3) is 4.17. The molecule has 1 aliphatic carbocycles. The van der Waals surface area contributed by atoms with Crippen LogP contribution in [-0.2, 0) is 4.79 Å². The van der Waals surface area contributed by atoms with Crippen molar-refractivity contribution in [2.75, 3.05) is 13.2 Å². The first-order valence-electron chi connectivity index (χ1n) is 10.5. The lowest BCUT2D eigenvalue weighted by Crippen LogP contribution is -2.69. The van der Waals surface area contributed by atoms with E-state index in [9.17, 15) is 14.7 Å². The molecule has 3 rings (SSSR count).